The maximum atomic E-state index is 13.1. The number of pyridine rings is 1. The zero-order chi connectivity index (χ0) is 25.9. The third-order valence-corrected chi connectivity index (χ3v) is 7.64. The second kappa shape index (κ2) is 10.9. The van der Waals surface area contributed by atoms with Crippen molar-refractivity contribution in [1.82, 2.24) is 9.88 Å². The average Bonchev–Trinajstić information content (AvgIpc) is 3.35. The molecule has 8 heteroatoms. The van der Waals surface area contributed by atoms with Gasteiger partial charge in [-0.05, 0) is 46.2 Å². The van der Waals surface area contributed by atoms with Gasteiger partial charge in [-0.25, -0.2) is 0 Å². The monoisotopic (exact) mass is 532 g/mol. The van der Waals surface area contributed by atoms with Crippen molar-refractivity contribution in [2.24, 2.45) is 7.05 Å². The number of carbonyl (C=O) groups excluding carboxylic acids is 1. The Bertz CT molecular complexity index is 1640. The van der Waals surface area contributed by atoms with Crippen LogP contribution in [0.25, 0.3) is 21.0 Å². The molecule has 3 aromatic carbocycles. The van der Waals surface area contributed by atoms with Crippen molar-refractivity contribution in [3.63, 3.8) is 0 Å². The van der Waals surface area contributed by atoms with Gasteiger partial charge in [0.2, 0.25) is 5.43 Å². The van der Waals surface area contributed by atoms with Crippen LogP contribution in [-0.2, 0) is 24.9 Å². The number of aliphatic hydroxyl groups is 1. The van der Waals surface area contributed by atoms with Crippen molar-refractivity contribution in [2.75, 3.05) is 6.61 Å². The lowest BCUT2D eigenvalue weighted by Crippen LogP contribution is -2.29. The fraction of sp³-hybridized carbons (Fsp3) is 0.172. The van der Waals surface area contributed by atoms with Crippen LogP contribution in [0.3, 0.4) is 0 Å². The molecule has 6 nitrogen and oxygen atoms in total. The molecule has 2 N–H and O–H groups in total. The minimum Gasteiger partial charge on any atom is -0.386 e. The molecule has 5 rings (SSSR count). The summed E-state index contributed by atoms with van der Waals surface area (Å²) >= 11 is 7.34. The predicted molar refractivity (Wildman–Crippen MR) is 148 cm³/mol. The lowest BCUT2D eigenvalue weighted by Gasteiger charge is -2.12. The van der Waals surface area contributed by atoms with E-state index in [0.29, 0.717) is 17.0 Å². The van der Waals surface area contributed by atoms with E-state index in [2.05, 4.69) is 5.32 Å². The van der Waals surface area contributed by atoms with Crippen molar-refractivity contribution in [3.05, 3.63) is 116 Å². The van der Waals surface area contributed by atoms with Gasteiger partial charge in [-0.15, -0.1) is 11.3 Å². The van der Waals surface area contributed by atoms with Crippen LogP contribution in [0.2, 0.25) is 5.02 Å². The van der Waals surface area contributed by atoms with Crippen LogP contribution < -0.4 is 10.7 Å². The number of nitrogens with zero attached hydrogens (tertiary/aromatic N) is 1. The van der Waals surface area contributed by atoms with Gasteiger partial charge in [0.1, 0.15) is 16.5 Å². The Hall–Kier alpha value is -3.49. The van der Waals surface area contributed by atoms with E-state index in [1.807, 2.05) is 61.6 Å². The van der Waals surface area contributed by atoms with Crippen LogP contribution in [0.15, 0.2) is 83.8 Å². The van der Waals surface area contributed by atoms with E-state index in [1.54, 1.807) is 29.0 Å². The first-order valence-corrected chi connectivity index (χ1v) is 13.0. The van der Waals surface area contributed by atoms with E-state index >= 15 is 0 Å². The topological polar surface area (TPSA) is 80.6 Å². The van der Waals surface area contributed by atoms with E-state index in [9.17, 15) is 14.7 Å². The Balaban J connectivity index is 1.25. The zero-order valence-electron chi connectivity index (χ0n) is 20.1. The third-order valence-electron chi connectivity index (χ3n) is 6.19. The lowest BCUT2D eigenvalue weighted by molar-refractivity contribution is 0.0288. The standard InChI is InChI=1S/C29H25ClN2O4S/c1-32-15-25(28(35)31-14-18-6-10-22(30)11-7-18)27(34)24-13-23(37-29(24)32)16-36-17-26(33)21-9-8-19-4-2-3-5-20(19)12-21/h2-13,15,26,33H,14,16-17H2,1H3,(H,31,35)/t26-/m1/s1. The number of hydrogen-bond acceptors (Lipinski definition) is 5. The first-order chi connectivity index (χ1) is 17.9. The molecule has 2 aromatic heterocycles. The second-order valence-electron chi connectivity index (χ2n) is 8.86. The maximum absolute atomic E-state index is 13.1. The van der Waals surface area contributed by atoms with Crippen LogP contribution in [0.1, 0.15) is 32.5 Å². The highest BCUT2D eigenvalue weighted by Crippen LogP contribution is 2.25. The van der Waals surface area contributed by atoms with Crippen molar-refractivity contribution >= 4 is 49.8 Å². The molecule has 0 radical (unpaired) electrons. The summed E-state index contributed by atoms with van der Waals surface area (Å²) in [6.07, 6.45) is 0.799. The highest BCUT2D eigenvalue weighted by atomic mass is 35.5. The van der Waals surface area contributed by atoms with Gasteiger partial charge in [0.25, 0.3) is 5.91 Å². The number of thiophene rings is 1. The Morgan fingerprint density at radius 2 is 1.84 bits per heavy atom. The molecule has 0 saturated heterocycles. The van der Waals surface area contributed by atoms with E-state index in [0.717, 1.165) is 31.6 Å². The summed E-state index contributed by atoms with van der Waals surface area (Å²) in [5, 5.41) is 16.7. The molecule has 0 saturated carbocycles. The molecule has 2 heterocycles. The maximum Gasteiger partial charge on any atom is 0.257 e. The van der Waals surface area contributed by atoms with E-state index in [4.69, 9.17) is 16.3 Å². The summed E-state index contributed by atoms with van der Waals surface area (Å²) in [6.45, 7) is 0.669. The number of ether oxygens (including phenoxy) is 1. The first-order valence-electron chi connectivity index (χ1n) is 11.8. The number of carbonyl (C=O) groups is 1. The van der Waals surface area contributed by atoms with Crippen LogP contribution in [-0.4, -0.2) is 22.2 Å². The SMILES string of the molecule is Cn1cc(C(=O)NCc2ccc(Cl)cc2)c(=O)c2cc(COC[C@@H](O)c3ccc4ccccc4c3)sc21. The molecule has 188 valence electrons. The molecule has 37 heavy (non-hydrogen) atoms. The lowest BCUT2D eigenvalue weighted by atomic mass is 10.0. The number of aliphatic hydroxyl groups excluding tert-OH is 1. The summed E-state index contributed by atoms with van der Waals surface area (Å²) in [6, 6.07) is 22.8. The fourth-order valence-electron chi connectivity index (χ4n) is 4.21. The molecule has 0 aliphatic rings. The molecule has 0 bridgehead atoms. The van der Waals surface area contributed by atoms with Crippen molar-refractivity contribution in [2.45, 2.75) is 19.3 Å². The number of benzene rings is 3. The van der Waals surface area contributed by atoms with Crippen molar-refractivity contribution in [3.8, 4) is 0 Å². The number of hydrogen-bond donors (Lipinski definition) is 2. The Morgan fingerprint density at radius 1 is 1.08 bits per heavy atom. The third kappa shape index (κ3) is 5.60. The molecule has 5 aromatic rings. The highest BCUT2D eigenvalue weighted by Gasteiger charge is 2.17. The molecule has 1 amide bonds. The minimum absolute atomic E-state index is 0.0842. The first kappa shape index (κ1) is 25.2. The fourth-order valence-corrected chi connectivity index (χ4v) is 5.36. The summed E-state index contributed by atoms with van der Waals surface area (Å²) in [4.78, 5) is 27.5. The quantitative estimate of drug-likeness (QED) is 0.273. The van der Waals surface area contributed by atoms with Gasteiger partial charge in [0, 0.05) is 29.7 Å². The summed E-state index contributed by atoms with van der Waals surface area (Å²) < 4.78 is 7.58. The van der Waals surface area contributed by atoms with Crippen LogP contribution >= 0.6 is 22.9 Å². The zero-order valence-corrected chi connectivity index (χ0v) is 21.7. The second-order valence-corrected chi connectivity index (χ2v) is 10.4. The molecular formula is C29H25ClN2O4S. The smallest absolute Gasteiger partial charge is 0.257 e. The van der Waals surface area contributed by atoms with Crippen LogP contribution in [0.5, 0.6) is 0 Å². The Morgan fingerprint density at radius 3 is 2.62 bits per heavy atom. The molecule has 0 fully saturated rings. The number of aromatic nitrogens is 1. The Kier molecular flexibility index (Phi) is 7.39. The van der Waals surface area contributed by atoms with E-state index < -0.39 is 12.0 Å². The van der Waals surface area contributed by atoms with Gasteiger partial charge >= 0.3 is 0 Å². The minimum atomic E-state index is -0.763. The van der Waals surface area contributed by atoms with Gasteiger partial charge in [-0.3, -0.25) is 9.59 Å². The van der Waals surface area contributed by atoms with Gasteiger partial charge in [0.05, 0.1) is 18.6 Å². The van der Waals surface area contributed by atoms with Crippen molar-refractivity contribution < 1.29 is 14.6 Å². The molecular weight excluding hydrogens is 508 g/mol. The van der Waals surface area contributed by atoms with Gasteiger partial charge in [0.15, 0.2) is 0 Å². The number of nitrogens with one attached hydrogen (secondary N) is 1. The van der Waals surface area contributed by atoms with Gasteiger partial charge in [-0.2, -0.15) is 0 Å². The summed E-state index contributed by atoms with van der Waals surface area (Å²) in [5.41, 5.74) is 1.44. The molecule has 0 unspecified atom stereocenters. The summed E-state index contributed by atoms with van der Waals surface area (Å²) in [5.74, 6) is -0.431. The number of aryl methyl sites for hydroxylation is 1. The molecule has 0 aliphatic carbocycles. The highest BCUT2D eigenvalue weighted by molar-refractivity contribution is 7.18. The van der Waals surface area contributed by atoms with E-state index in [-0.39, 0.29) is 24.2 Å². The predicted octanol–water partition coefficient (Wildman–Crippen LogP) is 5.59. The van der Waals surface area contributed by atoms with Crippen LogP contribution in [0, 0.1) is 0 Å². The average molecular weight is 533 g/mol. The number of amides is 1. The van der Waals surface area contributed by atoms with E-state index in [1.165, 1.54) is 11.3 Å². The van der Waals surface area contributed by atoms with Gasteiger partial charge in [-0.1, -0.05) is 60.1 Å². The largest absolute Gasteiger partial charge is 0.386 e. The van der Waals surface area contributed by atoms with Gasteiger partial charge < -0.3 is 19.7 Å². The number of fused-ring (bicyclic) bond motifs is 2. The normalized spacial score (nSPS) is 12.2. The van der Waals surface area contributed by atoms with Crippen molar-refractivity contribution in [1.29, 1.82) is 0 Å². The number of halogens is 1. The molecule has 0 aliphatic heterocycles. The molecule has 1 atom stereocenters. The number of rotatable bonds is 8. The summed E-state index contributed by atoms with van der Waals surface area (Å²) in [7, 11) is 1.81. The Labute approximate surface area is 222 Å². The molecule has 0 spiro atoms. The van der Waals surface area contributed by atoms with Crippen LogP contribution in [0.4, 0.5) is 0 Å².